The third-order valence-corrected chi connectivity index (χ3v) is 4.65. The number of nitrogens with one attached hydrogen (secondary N) is 1. The molecule has 0 bridgehead atoms. The Kier molecular flexibility index (Phi) is 5.38. The minimum Gasteiger partial charge on any atom is -0.494 e. The highest BCUT2D eigenvalue weighted by Crippen LogP contribution is 2.38. The van der Waals surface area contributed by atoms with Crippen LogP contribution in [0.2, 0.25) is 0 Å². The van der Waals surface area contributed by atoms with Crippen molar-refractivity contribution in [1.82, 2.24) is 5.43 Å². The molecule has 0 radical (unpaired) electrons. The van der Waals surface area contributed by atoms with Crippen molar-refractivity contribution >= 4 is 0 Å². The third-order valence-electron chi connectivity index (χ3n) is 4.65. The van der Waals surface area contributed by atoms with Gasteiger partial charge in [0.05, 0.1) is 7.11 Å². The summed E-state index contributed by atoms with van der Waals surface area (Å²) in [6.07, 6.45) is 6.06. The average Bonchev–Trinajstić information content (AvgIpc) is 2.49. The summed E-state index contributed by atoms with van der Waals surface area (Å²) >= 11 is 0. The van der Waals surface area contributed by atoms with Gasteiger partial charge >= 0.3 is 0 Å². The van der Waals surface area contributed by atoms with E-state index in [1.54, 1.807) is 6.07 Å². The molecule has 1 fully saturated rings. The van der Waals surface area contributed by atoms with Crippen LogP contribution < -0.4 is 16.0 Å². The maximum Gasteiger partial charge on any atom is 0.165 e. The second kappa shape index (κ2) is 7.04. The lowest BCUT2D eigenvalue weighted by molar-refractivity contribution is 0.219. The van der Waals surface area contributed by atoms with E-state index in [9.17, 15) is 4.39 Å². The van der Waals surface area contributed by atoms with Gasteiger partial charge in [-0.2, -0.15) is 0 Å². The van der Waals surface area contributed by atoms with Crippen LogP contribution in [-0.2, 0) is 0 Å². The van der Waals surface area contributed by atoms with Gasteiger partial charge in [-0.25, -0.2) is 4.39 Å². The van der Waals surface area contributed by atoms with Gasteiger partial charge in [-0.15, -0.1) is 0 Å². The summed E-state index contributed by atoms with van der Waals surface area (Å²) in [6, 6.07) is 5.13. The maximum absolute atomic E-state index is 13.8. The fourth-order valence-corrected chi connectivity index (χ4v) is 3.31. The van der Waals surface area contributed by atoms with Crippen LogP contribution in [0.1, 0.15) is 50.6 Å². The topological polar surface area (TPSA) is 47.3 Å². The van der Waals surface area contributed by atoms with E-state index in [2.05, 4.69) is 12.3 Å². The van der Waals surface area contributed by atoms with Gasteiger partial charge in [0.15, 0.2) is 11.6 Å². The van der Waals surface area contributed by atoms with E-state index in [1.165, 1.54) is 32.4 Å². The number of methoxy groups -OCH3 is 1. The van der Waals surface area contributed by atoms with E-state index in [1.807, 2.05) is 6.07 Å². The van der Waals surface area contributed by atoms with Gasteiger partial charge in [0.25, 0.3) is 0 Å². The van der Waals surface area contributed by atoms with Crippen molar-refractivity contribution in [3.8, 4) is 5.75 Å². The average molecular weight is 280 g/mol. The van der Waals surface area contributed by atoms with E-state index in [4.69, 9.17) is 10.6 Å². The second-order valence-corrected chi connectivity index (χ2v) is 5.73. The van der Waals surface area contributed by atoms with Crippen molar-refractivity contribution in [1.29, 1.82) is 0 Å². The summed E-state index contributed by atoms with van der Waals surface area (Å²) in [7, 11) is 1.47. The molecule has 0 heterocycles. The molecule has 1 aromatic rings. The van der Waals surface area contributed by atoms with E-state index in [0.29, 0.717) is 5.92 Å². The minimum absolute atomic E-state index is 0.0215. The first kappa shape index (κ1) is 15.3. The molecule has 112 valence electrons. The van der Waals surface area contributed by atoms with E-state index >= 15 is 0 Å². The fourth-order valence-electron chi connectivity index (χ4n) is 3.31. The number of benzene rings is 1. The van der Waals surface area contributed by atoms with E-state index in [-0.39, 0.29) is 17.6 Å². The Morgan fingerprint density at radius 2 is 2.05 bits per heavy atom. The Labute approximate surface area is 120 Å². The molecule has 1 aliphatic rings. The molecule has 1 unspecified atom stereocenters. The van der Waals surface area contributed by atoms with Crippen molar-refractivity contribution in [3.63, 3.8) is 0 Å². The molecule has 1 aromatic carbocycles. The highest BCUT2D eigenvalue weighted by molar-refractivity contribution is 5.31. The van der Waals surface area contributed by atoms with Gasteiger partial charge < -0.3 is 4.74 Å². The molecule has 0 amide bonds. The zero-order valence-electron chi connectivity index (χ0n) is 12.4. The summed E-state index contributed by atoms with van der Waals surface area (Å²) in [4.78, 5) is 0. The Morgan fingerprint density at radius 1 is 1.35 bits per heavy atom. The summed E-state index contributed by atoms with van der Waals surface area (Å²) in [5, 5.41) is 0. The van der Waals surface area contributed by atoms with Crippen LogP contribution in [0.15, 0.2) is 18.2 Å². The maximum atomic E-state index is 13.8. The SMILES string of the molecule is CCC1CCC(C(NN)c2ccc(OC)c(F)c2)CC1. The van der Waals surface area contributed by atoms with Gasteiger partial charge in [-0.1, -0.05) is 32.3 Å². The summed E-state index contributed by atoms with van der Waals surface area (Å²) in [5.41, 5.74) is 3.79. The number of nitrogens with two attached hydrogens (primary N) is 1. The van der Waals surface area contributed by atoms with Crippen LogP contribution in [0.3, 0.4) is 0 Å². The van der Waals surface area contributed by atoms with Crippen LogP contribution >= 0.6 is 0 Å². The van der Waals surface area contributed by atoms with Gasteiger partial charge in [0.1, 0.15) is 0 Å². The molecule has 0 spiro atoms. The molecule has 1 aliphatic carbocycles. The molecule has 20 heavy (non-hydrogen) atoms. The third kappa shape index (κ3) is 3.30. The molecule has 4 heteroatoms. The van der Waals surface area contributed by atoms with Crippen LogP contribution in [0.5, 0.6) is 5.75 Å². The molecular weight excluding hydrogens is 255 g/mol. The zero-order chi connectivity index (χ0) is 14.5. The van der Waals surface area contributed by atoms with Crippen LogP contribution in [-0.4, -0.2) is 7.11 Å². The Morgan fingerprint density at radius 3 is 2.55 bits per heavy atom. The molecular formula is C16H25FN2O. The lowest BCUT2D eigenvalue weighted by Crippen LogP contribution is -2.35. The van der Waals surface area contributed by atoms with Crippen molar-refractivity contribution in [3.05, 3.63) is 29.6 Å². The number of rotatable bonds is 5. The monoisotopic (exact) mass is 280 g/mol. The summed E-state index contributed by atoms with van der Waals surface area (Å²) in [6.45, 7) is 2.25. The molecule has 3 nitrogen and oxygen atoms in total. The molecule has 1 saturated carbocycles. The van der Waals surface area contributed by atoms with Gasteiger partial charge in [0.2, 0.25) is 0 Å². The highest BCUT2D eigenvalue weighted by Gasteiger charge is 2.27. The summed E-state index contributed by atoms with van der Waals surface area (Å²) in [5.74, 6) is 7.00. The number of hydrogen-bond donors (Lipinski definition) is 2. The predicted molar refractivity (Wildman–Crippen MR) is 78.8 cm³/mol. The van der Waals surface area contributed by atoms with Crippen molar-refractivity contribution in [2.45, 2.75) is 45.1 Å². The number of hydrazine groups is 1. The second-order valence-electron chi connectivity index (χ2n) is 5.73. The fraction of sp³-hybridized carbons (Fsp3) is 0.625. The number of hydrogen-bond acceptors (Lipinski definition) is 3. The Balaban J connectivity index is 2.10. The first-order valence-corrected chi connectivity index (χ1v) is 7.49. The number of ether oxygens (including phenoxy) is 1. The molecule has 1 atom stereocenters. The molecule has 0 aliphatic heterocycles. The smallest absolute Gasteiger partial charge is 0.165 e. The minimum atomic E-state index is -0.326. The Hall–Kier alpha value is -1.13. The first-order chi connectivity index (χ1) is 9.69. The van der Waals surface area contributed by atoms with Gasteiger partial charge in [-0.05, 0) is 42.4 Å². The van der Waals surface area contributed by atoms with Crippen molar-refractivity contribution in [2.24, 2.45) is 17.7 Å². The van der Waals surface area contributed by atoms with Crippen LogP contribution in [0.25, 0.3) is 0 Å². The van der Waals surface area contributed by atoms with Crippen molar-refractivity contribution < 1.29 is 9.13 Å². The lowest BCUT2D eigenvalue weighted by Gasteiger charge is -2.33. The van der Waals surface area contributed by atoms with Crippen LogP contribution in [0, 0.1) is 17.7 Å². The predicted octanol–water partition coefficient (Wildman–Crippen LogP) is 3.56. The van der Waals surface area contributed by atoms with Gasteiger partial charge in [-0.3, -0.25) is 11.3 Å². The number of halogens is 1. The van der Waals surface area contributed by atoms with E-state index < -0.39 is 0 Å². The standard InChI is InChI=1S/C16H25FN2O/c1-3-11-4-6-12(7-5-11)16(19-18)13-8-9-15(20-2)14(17)10-13/h8-12,16,19H,3-7,18H2,1-2H3. The summed E-state index contributed by atoms with van der Waals surface area (Å²) < 4.78 is 18.8. The van der Waals surface area contributed by atoms with Crippen molar-refractivity contribution in [2.75, 3.05) is 7.11 Å². The first-order valence-electron chi connectivity index (χ1n) is 7.49. The normalized spacial score (nSPS) is 24.4. The van der Waals surface area contributed by atoms with Crippen LogP contribution in [0.4, 0.5) is 4.39 Å². The molecule has 2 rings (SSSR count). The quantitative estimate of drug-likeness (QED) is 0.640. The zero-order valence-corrected chi connectivity index (χ0v) is 12.4. The Bertz CT molecular complexity index is 430. The molecule has 3 N–H and O–H groups in total. The molecule has 0 saturated heterocycles. The largest absolute Gasteiger partial charge is 0.494 e. The highest BCUT2D eigenvalue weighted by atomic mass is 19.1. The molecule has 0 aromatic heterocycles. The van der Waals surface area contributed by atoms with E-state index in [0.717, 1.165) is 24.3 Å². The lowest BCUT2D eigenvalue weighted by atomic mass is 9.76. The van der Waals surface area contributed by atoms with Gasteiger partial charge in [0, 0.05) is 6.04 Å².